The van der Waals surface area contributed by atoms with Crippen molar-refractivity contribution in [3.05, 3.63) is 65.2 Å². The van der Waals surface area contributed by atoms with Crippen LogP contribution in [0.4, 0.5) is 5.69 Å². The van der Waals surface area contributed by atoms with Gasteiger partial charge >= 0.3 is 0 Å². The molecule has 0 aromatic heterocycles. The molecule has 5 nitrogen and oxygen atoms in total. The number of carbonyl (C=O) groups excluding carboxylic acids is 2. The van der Waals surface area contributed by atoms with Crippen LogP contribution in [0.15, 0.2) is 48.5 Å². The van der Waals surface area contributed by atoms with Crippen LogP contribution in [0.25, 0.3) is 0 Å². The first-order chi connectivity index (χ1) is 12.1. The van der Waals surface area contributed by atoms with Gasteiger partial charge in [-0.15, -0.1) is 0 Å². The Morgan fingerprint density at radius 3 is 2.40 bits per heavy atom. The predicted molar refractivity (Wildman–Crippen MR) is 101 cm³/mol. The first-order valence-electron chi connectivity index (χ1n) is 8.53. The molecule has 0 radical (unpaired) electrons. The van der Waals surface area contributed by atoms with E-state index in [2.05, 4.69) is 16.0 Å². The molecule has 2 amide bonds. The second-order valence-corrected chi connectivity index (χ2v) is 5.92. The van der Waals surface area contributed by atoms with Crippen molar-refractivity contribution in [1.82, 2.24) is 10.6 Å². The van der Waals surface area contributed by atoms with Crippen molar-refractivity contribution in [3.63, 3.8) is 0 Å². The Morgan fingerprint density at radius 2 is 1.68 bits per heavy atom. The van der Waals surface area contributed by atoms with Crippen molar-refractivity contribution < 1.29 is 9.59 Å². The van der Waals surface area contributed by atoms with Gasteiger partial charge in [-0.25, -0.2) is 0 Å². The number of hydrogen-bond donors (Lipinski definition) is 3. The fourth-order valence-electron chi connectivity index (χ4n) is 2.32. The van der Waals surface area contributed by atoms with E-state index in [1.165, 1.54) is 5.56 Å². The number of aryl methyl sites for hydroxylation is 1. The standard InChI is InChI=1S/C20H25N3O2/c1-3-12-21-19(24)14-22-18-7-5-4-6-17(18)20(25)23-13-16-10-8-15(2)9-11-16/h4-11,22H,3,12-14H2,1-2H3,(H,21,24)(H,23,25). The van der Waals surface area contributed by atoms with Crippen molar-refractivity contribution in [2.75, 3.05) is 18.4 Å². The predicted octanol–water partition coefficient (Wildman–Crippen LogP) is 2.86. The Hall–Kier alpha value is -2.82. The molecule has 0 bridgehead atoms. The van der Waals surface area contributed by atoms with Crippen LogP contribution in [0.5, 0.6) is 0 Å². The van der Waals surface area contributed by atoms with Crippen LogP contribution in [0.3, 0.4) is 0 Å². The number of anilines is 1. The highest BCUT2D eigenvalue weighted by molar-refractivity contribution is 6.00. The van der Waals surface area contributed by atoms with E-state index in [0.29, 0.717) is 24.3 Å². The molecule has 0 fully saturated rings. The number of benzene rings is 2. The van der Waals surface area contributed by atoms with Crippen LogP contribution < -0.4 is 16.0 Å². The van der Waals surface area contributed by atoms with Crippen molar-refractivity contribution in [2.24, 2.45) is 0 Å². The second-order valence-electron chi connectivity index (χ2n) is 5.92. The minimum absolute atomic E-state index is 0.0864. The van der Waals surface area contributed by atoms with Crippen LogP contribution in [-0.2, 0) is 11.3 Å². The van der Waals surface area contributed by atoms with Gasteiger partial charge in [0.1, 0.15) is 0 Å². The van der Waals surface area contributed by atoms with Gasteiger partial charge in [0.15, 0.2) is 0 Å². The Morgan fingerprint density at radius 1 is 0.960 bits per heavy atom. The van der Waals surface area contributed by atoms with Crippen LogP contribution in [0, 0.1) is 6.92 Å². The van der Waals surface area contributed by atoms with Crippen molar-refractivity contribution in [1.29, 1.82) is 0 Å². The Bertz CT molecular complexity index is 711. The van der Waals surface area contributed by atoms with E-state index >= 15 is 0 Å². The highest BCUT2D eigenvalue weighted by Gasteiger charge is 2.11. The average Bonchev–Trinajstić information content (AvgIpc) is 2.64. The largest absolute Gasteiger partial charge is 0.376 e. The lowest BCUT2D eigenvalue weighted by atomic mass is 10.1. The molecule has 0 heterocycles. The molecular weight excluding hydrogens is 314 g/mol. The van der Waals surface area contributed by atoms with E-state index in [0.717, 1.165) is 12.0 Å². The minimum atomic E-state index is -0.169. The average molecular weight is 339 g/mol. The van der Waals surface area contributed by atoms with Crippen molar-refractivity contribution in [2.45, 2.75) is 26.8 Å². The summed E-state index contributed by atoms with van der Waals surface area (Å²) in [4.78, 5) is 24.2. The number of nitrogens with one attached hydrogen (secondary N) is 3. The molecule has 5 heteroatoms. The van der Waals surface area contributed by atoms with Gasteiger partial charge < -0.3 is 16.0 Å². The van der Waals surface area contributed by atoms with Crippen LogP contribution >= 0.6 is 0 Å². The number of para-hydroxylation sites is 1. The van der Waals surface area contributed by atoms with Crippen molar-refractivity contribution in [3.8, 4) is 0 Å². The smallest absolute Gasteiger partial charge is 0.253 e. The first kappa shape index (κ1) is 18.5. The van der Waals surface area contributed by atoms with Gasteiger partial charge in [0.05, 0.1) is 12.1 Å². The van der Waals surface area contributed by atoms with Gasteiger partial charge in [0.2, 0.25) is 5.91 Å². The topological polar surface area (TPSA) is 70.2 Å². The maximum Gasteiger partial charge on any atom is 0.253 e. The summed E-state index contributed by atoms with van der Waals surface area (Å²) in [6.07, 6.45) is 0.893. The molecule has 2 aromatic carbocycles. The van der Waals surface area contributed by atoms with E-state index in [1.807, 2.05) is 50.2 Å². The summed E-state index contributed by atoms with van der Waals surface area (Å²) in [5, 5.41) is 8.75. The lowest BCUT2D eigenvalue weighted by molar-refractivity contribution is -0.119. The summed E-state index contributed by atoms with van der Waals surface area (Å²) in [7, 11) is 0. The SMILES string of the molecule is CCCNC(=O)CNc1ccccc1C(=O)NCc1ccc(C)cc1. The van der Waals surface area contributed by atoms with E-state index in [9.17, 15) is 9.59 Å². The summed E-state index contributed by atoms with van der Waals surface area (Å²) in [6.45, 7) is 5.29. The van der Waals surface area contributed by atoms with Gasteiger partial charge in [0, 0.05) is 18.8 Å². The number of hydrogen-bond acceptors (Lipinski definition) is 3. The normalized spacial score (nSPS) is 10.2. The Kier molecular flexibility index (Phi) is 7.01. The van der Waals surface area contributed by atoms with E-state index in [-0.39, 0.29) is 18.4 Å². The summed E-state index contributed by atoms with van der Waals surface area (Å²) in [5.74, 6) is -0.255. The number of rotatable bonds is 8. The molecule has 0 aliphatic rings. The molecule has 0 aliphatic heterocycles. The lowest BCUT2D eigenvalue weighted by Crippen LogP contribution is -2.31. The fourth-order valence-corrected chi connectivity index (χ4v) is 2.32. The van der Waals surface area contributed by atoms with E-state index < -0.39 is 0 Å². The highest BCUT2D eigenvalue weighted by Crippen LogP contribution is 2.15. The summed E-state index contributed by atoms with van der Waals surface area (Å²) in [5.41, 5.74) is 3.41. The number of carbonyl (C=O) groups is 2. The highest BCUT2D eigenvalue weighted by atomic mass is 16.2. The summed E-state index contributed by atoms with van der Waals surface area (Å²) < 4.78 is 0. The molecule has 0 aliphatic carbocycles. The monoisotopic (exact) mass is 339 g/mol. The van der Waals surface area contributed by atoms with Crippen LogP contribution in [0.2, 0.25) is 0 Å². The molecule has 0 spiro atoms. The second kappa shape index (κ2) is 9.47. The van der Waals surface area contributed by atoms with Crippen LogP contribution in [0.1, 0.15) is 34.8 Å². The maximum absolute atomic E-state index is 12.5. The number of amides is 2. The van der Waals surface area contributed by atoms with Gasteiger partial charge in [-0.2, -0.15) is 0 Å². The van der Waals surface area contributed by atoms with Gasteiger partial charge in [-0.05, 0) is 31.0 Å². The maximum atomic E-state index is 12.5. The third-order valence-electron chi connectivity index (χ3n) is 3.76. The zero-order valence-electron chi connectivity index (χ0n) is 14.8. The molecule has 0 unspecified atom stereocenters. The van der Waals surface area contributed by atoms with Gasteiger partial charge in [-0.3, -0.25) is 9.59 Å². The fraction of sp³-hybridized carbons (Fsp3) is 0.300. The van der Waals surface area contributed by atoms with Crippen molar-refractivity contribution >= 4 is 17.5 Å². The third-order valence-corrected chi connectivity index (χ3v) is 3.76. The molecule has 0 saturated carbocycles. The minimum Gasteiger partial charge on any atom is -0.376 e. The summed E-state index contributed by atoms with van der Waals surface area (Å²) in [6, 6.07) is 15.2. The zero-order chi connectivity index (χ0) is 18.1. The molecule has 132 valence electrons. The molecule has 0 saturated heterocycles. The molecule has 3 N–H and O–H groups in total. The summed E-state index contributed by atoms with van der Waals surface area (Å²) >= 11 is 0. The van der Waals surface area contributed by atoms with E-state index in [1.54, 1.807) is 12.1 Å². The molecular formula is C20H25N3O2. The van der Waals surface area contributed by atoms with Crippen LogP contribution in [-0.4, -0.2) is 24.9 Å². The first-order valence-corrected chi connectivity index (χ1v) is 8.53. The Labute approximate surface area is 148 Å². The van der Waals surface area contributed by atoms with Gasteiger partial charge in [-0.1, -0.05) is 48.9 Å². The third kappa shape index (κ3) is 5.95. The molecule has 2 rings (SSSR count). The molecule has 25 heavy (non-hydrogen) atoms. The van der Waals surface area contributed by atoms with E-state index in [4.69, 9.17) is 0 Å². The van der Waals surface area contributed by atoms with Gasteiger partial charge in [0.25, 0.3) is 5.91 Å². The zero-order valence-corrected chi connectivity index (χ0v) is 14.8. The quantitative estimate of drug-likeness (QED) is 0.692. The molecule has 0 atom stereocenters. The lowest BCUT2D eigenvalue weighted by Gasteiger charge is -2.12. The molecule has 2 aromatic rings. The Balaban J connectivity index is 1.95.